The maximum absolute atomic E-state index is 10.3. The van der Waals surface area contributed by atoms with Crippen molar-refractivity contribution in [2.75, 3.05) is 19.8 Å². The molecule has 1 aliphatic heterocycles. The Morgan fingerprint density at radius 3 is 2.14 bits per heavy atom. The number of ether oxygens (including phenoxy) is 3. The lowest BCUT2D eigenvalue weighted by atomic mass is 10.4. The van der Waals surface area contributed by atoms with Crippen LogP contribution in [0, 0.1) is 11.3 Å². The van der Waals surface area contributed by atoms with Gasteiger partial charge in [-0.05, 0) is 6.42 Å². The maximum atomic E-state index is 10.3. The minimum Gasteiger partial charge on any atom is -0.463 e. The van der Waals surface area contributed by atoms with Crippen molar-refractivity contribution >= 4 is 11.9 Å². The maximum Gasteiger partial charge on any atom is 0.330 e. The summed E-state index contributed by atoms with van der Waals surface area (Å²) in [4.78, 5) is 20.7. The van der Waals surface area contributed by atoms with E-state index in [0.717, 1.165) is 18.9 Å². The molecule has 0 N–H and O–H groups in total. The molecule has 1 atom stereocenters. The zero-order valence-corrected chi connectivity index (χ0v) is 13.0. The molecule has 6 nitrogen and oxygen atoms in total. The van der Waals surface area contributed by atoms with E-state index < -0.39 is 0 Å². The number of hydrogen-bond acceptors (Lipinski definition) is 6. The molecule has 1 rings (SSSR count). The van der Waals surface area contributed by atoms with Crippen molar-refractivity contribution < 1.29 is 23.8 Å². The van der Waals surface area contributed by atoms with E-state index in [1.807, 2.05) is 6.92 Å². The molecule has 0 aliphatic carbocycles. The molecule has 0 aromatic rings. The molecule has 122 valence electrons. The van der Waals surface area contributed by atoms with Crippen LogP contribution in [-0.2, 0) is 23.8 Å². The van der Waals surface area contributed by atoms with Crippen molar-refractivity contribution in [3.05, 3.63) is 38.0 Å². The van der Waals surface area contributed by atoms with Crippen molar-refractivity contribution in [2.45, 2.75) is 25.9 Å². The third-order valence-corrected chi connectivity index (χ3v) is 1.98. The van der Waals surface area contributed by atoms with Crippen LogP contribution in [0.3, 0.4) is 0 Å². The molecule has 0 aromatic carbocycles. The highest BCUT2D eigenvalue weighted by Gasteiger charge is 2.23. The van der Waals surface area contributed by atoms with Crippen LogP contribution >= 0.6 is 0 Å². The van der Waals surface area contributed by atoms with Crippen LogP contribution < -0.4 is 0 Å². The second-order valence-electron chi connectivity index (χ2n) is 3.85. The SMILES string of the molecule is C=CC#N.C=CC(=O)OCC1CO1.C=CC(=O)OCCCC. The molecule has 1 unspecified atom stereocenters. The predicted octanol–water partition coefficient (Wildman–Crippen LogP) is 2.33. The lowest BCUT2D eigenvalue weighted by Gasteiger charge is -1.97. The number of allylic oxidation sites excluding steroid dienone is 1. The number of carbonyl (C=O) groups excluding carboxylic acids is 2. The first-order valence-electron chi connectivity index (χ1n) is 6.76. The highest BCUT2D eigenvalue weighted by atomic mass is 16.6. The van der Waals surface area contributed by atoms with Crippen LogP contribution in [0.15, 0.2) is 38.0 Å². The van der Waals surface area contributed by atoms with Gasteiger partial charge in [-0.15, -0.1) is 0 Å². The van der Waals surface area contributed by atoms with Gasteiger partial charge in [0.1, 0.15) is 12.7 Å². The Kier molecular flexibility index (Phi) is 16.6. The van der Waals surface area contributed by atoms with Gasteiger partial charge in [0, 0.05) is 18.2 Å². The van der Waals surface area contributed by atoms with E-state index in [2.05, 4.69) is 29.2 Å². The summed E-state index contributed by atoms with van der Waals surface area (Å²) in [5, 5.41) is 7.51. The molecule has 1 aliphatic rings. The van der Waals surface area contributed by atoms with Crippen LogP contribution in [0.5, 0.6) is 0 Å². The molecule has 6 heteroatoms. The normalized spacial score (nSPS) is 13.5. The summed E-state index contributed by atoms with van der Waals surface area (Å²) >= 11 is 0. The molecule has 22 heavy (non-hydrogen) atoms. The van der Waals surface area contributed by atoms with E-state index in [4.69, 9.17) is 10.00 Å². The monoisotopic (exact) mass is 309 g/mol. The molecule has 0 bridgehead atoms. The number of nitriles is 1. The van der Waals surface area contributed by atoms with E-state index >= 15 is 0 Å². The van der Waals surface area contributed by atoms with E-state index in [-0.39, 0.29) is 18.0 Å². The molecule has 1 heterocycles. The van der Waals surface area contributed by atoms with Crippen molar-refractivity contribution in [1.29, 1.82) is 5.26 Å². The van der Waals surface area contributed by atoms with Crippen LogP contribution in [-0.4, -0.2) is 37.9 Å². The summed E-state index contributed by atoms with van der Waals surface area (Å²) in [5.74, 6) is -0.714. The van der Waals surface area contributed by atoms with Gasteiger partial charge in [-0.2, -0.15) is 5.26 Å². The molecular weight excluding hydrogens is 286 g/mol. The van der Waals surface area contributed by atoms with E-state index in [1.165, 1.54) is 12.2 Å². The second kappa shape index (κ2) is 16.7. The van der Waals surface area contributed by atoms with E-state index in [9.17, 15) is 9.59 Å². The molecule has 0 saturated carbocycles. The summed E-state index contributed by atoms with van der Waals surface area (Å²) in [5.41, 5.74) is 0. The highest BCUT2D eigenvalue weighted by Crippen LogP contribution is 2.08. The zero-order chi connectivity index (χ0) is 17.2. The van der Waals surface area contributed by atoms with Gasteiger partial charge < -0.3 is 14.2 Å². The quantitative estimate of drug-likeness (QED) is 0.236. The Bertz CT molecular complexity index is 394. The fourth-order valence-electron chi connectivity index (χ4n) is 0.774. The first-order valence-corrected chi connectivity index (χ1v) is 6.76. The first kappa shape index (κ1) is 21.9. The molecule has 1 saturated heterocycles. The van der Waals surface area contributed by atoms with E-state index in [1.54, 1.807) is 6.07 Å². The van der Waals surface area contributed by atoms with Gasteiger partial charge >= 0.3 is 11.9 Å². The first-order chi connectivity index (χ1) is 10.5. The Balaban J connectivity index is 0. The van der Waals surface area contributed by atoms with E-state index in [0.29, 0.717) is 19.8 Å². The molecule has 0 radical (unpaired) electrons. The summed E-state index contributed by atoms with van der Waals surface area (Å²) in [6.45, 7) is 13.3. The number of unbranched alkanes of at least 4 members (excludes halogenated alkanes) is 1. The molecular formula is C16H23NO5. The molecule has 0 spiro atoms. The Morgan fingerprint density at radius 1 is 1.27 bits per heavy atom. The number of nitrogens with zero attached hydrogens (tertiary/aromatic N) is 1. The van der Waals surface area contributed by atoms with Crippen molar-refractivity contribution in [2.24, 2.45) is 0 Å². The second-order valence-corrected chi connectivity index (χ2v) is 3.85. The average Bonchev–Trinajstić information content (AvgIpc) is 3.37. The van der Waals surface area contributed by atoms with Gasteiger partial charge in [-0.25, -0.2) is 9.59 Å². The summed E-state index contributed by atoms with van der Waals surface area (Å²) < 4.78 is 14.1. The smallest absolute Gasteiger partial charge is 0.330 e. The van der Waals surface area contributed by atoms with Crippen LogP contribution in [0.25, 0.3) is 0 Å². The summed E-state index contributed by atoms with van der Waals surface area (Å²) in [6, 6.07) is 1.69. The van der Waals surface area contributed by atoms with Crippen LogP contribution in [0.4, 0.5) is 0 Å². The minimum absolute atomic E-state index is 0.147. The highest BCUT2D eigenvalue weighted by molar-refractivity contribution is 5.81. The van der Waals surface area contributed by atoms with Gasteiger partial charge in [-0.3, -0.25) is 0 Å². The number of esters is 2. The number of epoxide rings is 1. The largest absolute Gasteiger partial charge is 0.463 e. The zero-order valence-electron chi connectivity index (χ0n) is 13.0. The lowest BCUT2D eigenvalue weighted by molar-refractivity contribution is -0.138. The molecule has 0 amide bonds. The third-order valence-electron chi connectivity index (χ3n) is 1.98. The van der Waals surface area contributed by atoms with Crippen molar-refractivity contribution in [3.8, 4) is 6.07 Å². The number of rotatable bonds is 7. The van der Waals surface area contributed by atoms with Gasteiger partial charge in [0.05, 0.1) is 19.3 Å². The fourth-order valence-corrected chi connectivity index (χ4v) is 0.774. The number of carbonyl (C=O) groups is 2. The minimum atomic E-state index is -0.384. The lowest BCUT2D eigenvalue weighted by Crippen LogP contribution is -2.06. The average molecular weight is 309 g/mol. The van der Waals surface area contributed by atoms with Gasteiger partial charge in [0.2, 0.25) is 0 Å². The Hall–Kier alpha value is -2.39. The van der Waals surface area contributed by atoms with Gasteiger partial charge in [-0.1, -0.05) is 33.1 Å². The molecule has 1 fully saturated rings. The summed E-state index contributed by atoms with van der Waals surface area (Å²) in [6.07, 6.45) is 5.62. The standard InChI is InChI=1S/C7H12O2.C6H8O3.C3H3N/c1-3-5-6-9-7(8)4-2;1-2-6(7)9-4-5-3-8-5;1-2-3-4/h4H,2-3,5-6H2,1H3;2,5H,1,3-4H2;2H,1H2. The summed E-state index contributed by atoms with van der Waals surface area (Å²) in [7, 11) is 0. The van der Waals surface area contributed by atoms with Crippen LogP contribution in [0.2, 0.25) is 0 Å². The van der Waals surface area contributed by atoms with Crippen LogP contribution in [0.1, 0.15) is 19.8 Å². The topological polar surface area (TPSA) is 88.9 Å². The Morgan fingerprint density at radius 2 is 1.77 bits per heavy atom. The van der Waals surface area contributed by atoms with Crippen molar-refractivity contribution in [1.82, 2.24) is 0 Å². The third kappa shape index (κ3) is 19.9. The fraction of sp³-hybridized carbons (Fsp3) is 0.438. The van der Waals surface area contributed by atoms with Gasteiger partial charge in [0.15, 0.2) is 0 Å². The predicted molar refractivity (Wildman–Crippen MR) is 82.8 cm³/mol. The Labute approximate surface area is 131 Å². The van der Waals surface area contributed by atoms with Gasteiger partial charge in [0.25, 0.3) is 0 Å². The number of hydrogen-bond donors (Lipinski definition) is 0. The van der Waals surface area contributed by atoms with Crippen molar-refractivity contribution in [3.63, 3.8) is 0 Å². The molecule has 0 aromatic heterocycles.